The first-order chi connectivity index (χ1) is 23.3. The number of hydrogen-bond donors (Lipinski definition) is 6. The normalized spacial score (nSPS) is 12.8. The van der Waals surface area contributed by atoms with Gasteiger partial charge in [-0.05, 0) is 89.4 Å². The monoisotopic (exact) mass is 696 g/mol. The van der Waals surface area contributed by atoms with Crippen molar-refractivity contribution in [2.75, 3.05) is 0 Å². The summed E-state index contributed by atoms with van der Waals surface area (Å²) in [4.78, 5) is 0. The summed E-state index contributed by atoms with van der Waals surface area (Å²) in [6.45, 7) is 24.6. The molecular weight excluding hydrogens is 636 g/mol. The molecule has 4 rings (SSSR count). The van der Waals surface area contributed by atoms with E-state index in [-0.39, 0.29) is 77.1 Å². The second-order valence-corrected chi connectivity index (χ2v) is 18.4. The Morgan fingerprint density at radius 3 is 0.627 bits per heavy atom. The number of phenols is 4. The van der Waals surface area contributed by atoms with Crippen molar-refractivity contribution in [2.45, 2.75) is 137 Å². The minimum absolute atomic E-state index is 0.0240. The zero-order valence-electron chi connectivity index (χ0n) is 32.8. The van der Waals surface area contributed by atoms with Gasteiger partial charge in [-0.25, -0.2) is 0 Å². The van der Waals surface area contributed by atoms with Crippen molar-refractivity contribution in [1.29, 1.82) is 0 Å². The van der Waals surface area contributed by atoms with Gasteiger partial charge in [0, 0.05) is 30.4 Å². The maximum absolute atomic E-state index is 11.9. The lowest BCUT2D eigenvalue weighted by Gasteiger charge is -2.26. The third kappa shape index (κ3) is 8.91. The Kier molecular flexibility index (Phi) is 11.1. The average molecular weight is 697 g/mol. The van der Waals surface area contributed by atoms with Crippen LogP contribution in [0.15, 0.2) is 48.5 Å². The van der Waals surface area contributed by atoms with Gasteiger partial charge in [0.25, 0.3) is 0 Å². The van der Waals surface area contributed by atoms with E-state index < -0.39 is 0 Å². The van der Waals surface area contributed by atoms with Gasteiger partial charge in [-0.2, -0.15) is 0 Å². The smallest absolute Gasteiger partial charge is 0.124 e. The van der Waals surface area contributed by atoms with Crippen LogP contribution in [-0.2, 0) is 54.1 Å². The molecule has 0 bridgehead atoms. The molecule has 0 aromatic heterocycles. The fraction of sp³-hybridized carbons (Fsp3) is 0.467. The number of aliphatic hydroxyl groups is 2. The maximum atomic E-state index is 11.9. The number of benzene rings is 4. The Morgan fingerprint density at radius 2 is 0.471 bits per heavy atom. The molecule has 0 radical (unpaired) electrons. The lowest BCUT2D eigenvalue weighted by Crippen LogP contribution is -2.15. The fourth-order valence-electron chi connectivity index (χ4n) is 6.44. The third-order valence-corrected chi connectivity index (χ3v) is 10.0. The van der Waals surface area contributed by atoms with E-state index in [1.54, 1.807) is 0 Å². The zero-order chi connectivity index (χ0) is 38.4. The standard InChI is InChI=1S/C45H60O6/c1-42(2,3)34-16-26(38(48)28(18-34)14-30-20-36(44(7,8)9)22-32(24-46)40(30)50)13-27-17-35(43(4,5)6)19-29(39(27)49)15-31-21-37(45(10,11)12)23-33(25-47)41(31)51/h16-23,46-51H,13-15,24-25H2,1-12H3. The highest BCUT2D eigenvalue weighted by Crippen LogP contribution is 2.41. The van der Waals surface area contributed by atoms with Crippen molar-refractivity contribution >= 4 is 0 Å². The first kappa shape index (κ1) is 39.8. The molecule has 0 aliphatic rings. The molecular formula is C45H60O6. The van der Waals surface area contributed by atoms with Crippen molar-refractivity contribution in [3.63, 3.8) is 0 Å². The topological polar surface area (TPSA) is 121 Å². The van der Waals surface area contributed by atoms with E-state index in [4.69, 9.17) is 0 Å². The Bertz CT molecular complexity index is 1770. The average Bonchev–Trinajstić information content (AvgIpc) is 3.00. The highest BCUT2D eigenvalue weighted by molar-refractivity contribution is 5.57. The van der Waals surface area contributed by atoms with E-state index in [1.165, 1.54) is 0 Å². The Balaban J connectivity index is 1.89. The number of rotatable bonds is 8. The van der Waals surface area contributed by atoms with E-state index in [0.717, 1.165) is 22.3 Å². The summed E-state index contributed by atoms with van der Waals surface area (Å²) in [7, 11) is 0. The molecule has 0 fully saturated rings. The summed E-state index contributed by atoms with van der Waals surface area (Å²) >= 11 is 0. The van der Waals surface area contributed by atoms with Gasteiger partial charge in [0.1, 0.15) is 23.0 Å². The van der Waals surface area contributed by atoms with Gasteiger partial charge in [-0.1, -0.05) is 119 Å². The molecule has 4 aromatic carbocycles. The number of aliphatic hydroxyl groups excluding tert-OH is 2. The van der Waals surface area contributed by atoms with Crippen molar-refractivity contribution < 1.29 is 30.6 Å². The van der Waals surface area contributed by atoms with Crippen LogP contribution in [0.4, 0.5) is 0 Å². The van der Waals surface area contributed by atoms with E-state index >= 15 is 0 Å². The number of hydrogen-bond acceptors (Lipinski definition) is 6. The maximum Gasteiger partial charge on any atom is 0.124 e. The summed E-state index contributed by atoms with van der Waals surface area (Å²) in [5, 5.41) is 66.3. The summed E-state index contributed by atoms with van der Waals surface area (Å²) in [5.74, 6) is 0.241. The minimum atomic E-state index is -0.298. The minimum Gasteiger partial charge on any atom is -0.507 e. The van der Waals surface area contributed by atoms with Crippen molar-refractivity contribution in [2.24, 2.45) is 0 Å². The van der Waals surface area contributed by atoms with Gasteiger partial charge < -0.3 is 30.6 Å². The van der Waals surface area contributed by atoms with Gasteiger partial charge in [-0.15, -0.1) is 0 Å². The van der Waals surface area contributed by atoms with Crippen molar-refractivity contribution in [1.82, 2.24) is 0 Å². The lowest BCUT2D eigenvalue weighted by atomic mass is 9.80. The van der Waals surface area contributed by atoms with Crippen LogP contribution in [0.1, 0.15) is 150 Å². The Hall–Kier alpha value is -4.00. The number of phenolic OH excluding ortho intramolecular Hbond substituents is 2. The molecule has 51 heavy (non-hydrogen) atoms. The van der Waals surface area contributed by atoms with Crippen LogP contribution >= 0.6 is 0 Å². The molecule has 6 nitrogen and oxygen atoms in total. The van der Waals surface area contributed by atoms with E-state index in [0.29, 0.717) is 44.5 Å². The molecule has 0 aliphatic carbocycles. The largest absolute Gasteiger partial charge is 0.507 e. The second kappa shape index (κ2) is 14.2. The first-order valence-corrected chi connectivity index (χ1v) is 18.0. The summed E-state index contributed by atoms with van der Waals surface area (Å²) in [5.41, 5.74) is 7.76. The van der Waals surface area contributed by atoms with Crippen LogP contribution in [0.2, 0.25) is 0 Å². The van der Waals surface area contributed by atoms with Crippen LogP contribution in [0, 0.1) is 0 Å². The van der Waals surface area contributed by atoms with E-state index in [2.05, 4.69) is 83.1 Å². The van der Waals surface area contributed by atoms with Crippen molar-refractivity contribution in [3.8, 4) is 23.0 Å². The van der Waals surface area contributed by atoms with Crippen LogP contribution in [-0.4, -0.2) is 30.6 Å². The second-order valence-electron chi connectivity index (χ2n) is 18.4. The van der Waals surface area contributed by atoms with E-state index in [1.807, 2.05) is 48.5 Å². The van der Waals surface area contributed by atoms with Crippen LogP contribution < -0.4 is 0 Å². The van der Waals surface area contributed by atoms with Gasteiger partial charge in [0.2, 0.25) is 0 Å². The summed E-state index contributed by atoms with van der Waals surface area (Å²) in [6.07, 6.45) is 0.750. The third-order valence-electron chi connectivity index (χ3n) is 10.0. The molecule has 0 aliphatic heterocycles. The van der Waals surface area contributed by atoms with Gasteiger partial charge in [0.05, 0.1) is 13.2 Å². The quantitative estimate of drug-likeness (QED) is 0.109. The van der Waals surface area contributed by atoms with Gasteiger partial charge >= 0.3 is 0 Å². The highest BCUT2D eigenvalue weighted by atomic mass is 16.3. The summed E-state index contributed by atoms with van der Waals surface area (Å²) < 4.78 is 0. The van der Waals surface area contributed by atoms with Crippen LogP contribution in [0.5, 0.6) is 23.0 Å². The fourth-order valence-corrected chi connectivity index (χ4v) is 6.44. The van der Waals surface area contributed by atoms with Crippen LogP contribution in [0.25, 0.3) is 0 Å². The SMILES string of the molecule is CC(C)(C)c1cc(CO)c(O)c(Cc2cc(C(C)(C)C)cc(Cc3cc(C(C)(C)C)cc(Cc4cc(C(C)(C)C)cc(CO)c4O)c3O)c2O)c1. The summed E-state index contributed by atoms with van der Waals surface area (Å²) in [6, 6.07) is 15.5. The molecule has 0 unspecified atom stereocenters. The predicted octanol–water partition coefficient (Wildman–Crippen LogP) is 9.46. The zero-order valence-corrected chi connectivity index (χ0v) is 32.8. The number of aromatic hydroxyl groups is 4. The molecule has 276 valence electrons. The molecule has 0 atom stereocenters. The molecule has 6 heteroatoms. The highest BCUT2D eigenvalue weighted by Gasteiger charge is 2.26. The van der Waals surface area contributed by atoms with Gasteiger partial charge in [0.15, 0.2) is 0 Å². The molecule has 0 spiro atoms. The van der Waals surface area contributed by atoms with Gasteiger partial charge in [-0.3, -0.25) is 0 Å². The molecule has 0 heterocycles. The molecule has 6 N–H and O–H groups in total. The lowest BCUT2D eigenvalue weighted by molar-refractivity contribution is 0.274. The molecule has 0 saturated heterocycles. The molecule has 4 aromatic rings. The predicted molar refractivity (Wildman–Crippen MR) is 207 cm³/mol. The Labute approximate surface area is 305 Å². The first-order valence-electron chi connectivity index (χ1n) is 18.0. The molecule has 0 saturated carbocycles. The Morgan fingerprint density at radius 1 is 0.314 bits per heavy atom. The van der Waals surface area contributed by atoms with E-state index in [9.17, 15) is 30.6 Å². The van der Waals surface area contributed by atoms with Crippen molar-refractivity contribution in [3.05, 3.63) is 115 Å². The molecule has 0 amide bonds. The van der Waals surface area contributed by atoms with Crippen LogP contribution in [0.3, 0.4) is 0 Å².